The fourth-order valence-corrected chi connectivity index (χ4v) is 1.40. The Kier molecular flexibility index (Phi) is 3.76. The van der Waals surface area contributed by atoms with Crippen molar-refractivity contribution >= 4 is 0 Å². The zero-order valence-corrected chi connectivity index (χ0v) is 6.44. The van der Waals surface area contributed by atoms with E-state index in [1.165, 1.54) is 25.8 Å². The largest absolute Gasteiger partial charge is 0.379 e. The predicted molar refractivity (Wildman–Crippen MR) is 41.6 cm³/mol. The molecule has 2 nitrogen and oxygen atoms in total. The summed E-state index contributed by atoms with van der Waals surface area (Å²) >= 11 is 0. The monoisotopic (exact) mass is 142 g/mol. The quantitative estimate of drug-likeness (QED) is 0.641. The molecule has 0 aromatic rings. The second kappa shape index (κ2) is 4.69. The summed E-state index contributed by atoms with van der Waals surface area (Å²) in [6.07, 6.45) is 5.13. The Morgan fingerprint density at radius 1 is 1.50 bits per heavy atom. The van der Waals surface area contributed by atoms with Crippen LogP contribution in [0.5, 0.6) is 0 Å². The van der Waals surface area contributed by atoms with Crippen molar-refractivity contribution in [2.24, 2.45) is 0 Å². The maximum Gasteiger partial charge on any atom is 0.0700 e. The zero-order valence-electron chi connectivity index (χ0n) is 6.44. The summed E-state index contributed by atoms with van der Waals surface area (Å²) in [6.45, 7) is 1.97. The van der Waals surface area contributed by atoms with Gasteiger partial charge in [0.25, 0.3) is 0 Å². The lowest BCUT2D eigenvalue weighted by Crippen LogP contribution is -2.34. The summed E-state index contributed by atoms with van der Waals surface area (Å²) in [6, 6.07) is 0.690. The van der Waals surface area contributed by atoms with Crippen molar-refractivity contribution in [1.29, 1.82) is 0 Å². The molecular formula is C8H16NO. The molecule has 2 heteroatoms. The molecule has 1 atom stereocenters. The minimum absolute atomic E-state index is 0.690. The van der Waals surface area contributed by atoms with Crippen LogP contribution in [0.4, 0.5) is 0 Å². The third-order valence-corrected chi connectivity index (χ3v) is 2.02. The number of ether oxygens (including phenoxy) is 1. The van der Waals surface area contributed by atoms with E-state index in [0.717, 1.165) is 13.0 Å². The van der Waals surface area contributed by atoms with Gasteiger partial charge in [-0.3, -0.25) is 0 Å². The fourth-order valence-electron chi connectivity index (χ4n) is 1.40. The molecular weight excluding hydrogens is 126 g/mol. The molecule has 1 rings (SSSR count). The Balaban J connectivity index is 2.02. The van der Waals surface area contributed by atoms with E-state index >= 15 is 0 Å². The first-order chi connectivity index (χ1) is 4.93. The molecule has 0 aliphatic carbocycles. The van der Waals surface area contributed by atoms with Gasteiger partial charge in [-0.2, -0.15) is 0 Å². The van der Waals surface area contributed by atoms with Gasteiger partial charge in [0, 0.05) is 12.6 Å². The molecule has 1 fully saturated rings. The lowest BCUT2D eigenvalue weighted by Gasteiger charge is -2.22. The molecule has 0 aromatic heterocycles. The zero-order chi connectivity index (χ0) is 7.23. The smallest absolute Gasteiger partial charge is 0.0700 e. The number of piperidine rings is 1. The van der Waals surface area contributed by atoms with Crippen molar-refractivity contribution in [3.63, 3.8) is 0 Å². The van der Waals surface area contributed by atoms with Crippen LogP contribution in [0.15, 0.2) is 0 Å². The number of nitrogens with one attached hydrogen (secondary N) is 1. The molecule has 0 spiro atoms. The molecule has 1 radical (unpaired) electrons. The lowest BCUT2D eigenvalue weighted by molar-refractivity contribution is 0.212. The Morgan fingerprint density at radius 2 is 2.40 bits per heavy atom. The third kappa shape index (κ3) is 2.67. The molecule has 1 unspecified atom stereocenters. The second-order valence-electron chi connectivity index (χ2n) is 2.84. The highest BCUT2D eigenvalue weighted by molar-refractivity contribution is 4.71. The van der Waals surface area contributed by atoms with E-state index in [4.69, 9.17) is 4.74 Å². The van der Waals surface area contributed by atoms with Crippen LogP contribution in [0.3, 0.4) is 0 Å². The standard InChI is InChI=1S/C8H16NO/c1-10-7-5-8-4-2-3-6-9-8/h8-9H,1-7H2. The number of hydrogen-bond donors (Lipinski definition) is 1. The molecule has 0 saturated carbocycles. The van der Waals surface area contributed by atoms with Crippen LogP contribution in [0.1, 0.15) is 25.7 Å². The van der Waals surface area contributed by atoms with Gasteiger partial charge < -0.3 is 10.1 Å². The molecule has 10 heavy (non-hydrogen) atoms. The number of rotatable bonds is 3. The van der Waals surface area contributed by atoms with Crippen LogP contribution in [-0.2, 0) is 4.74 Å². The average Bonchev–Trinajstić information content (AvgIpc) is 2.03. The van der Waals surface area contributed by atoms with Crippen LogP contribution in [0.25, 0.3) is 0 Å². The van der Waals surface area contributed by atoms with Crippen molar-refractivity contribution in [2.75, 3.05) is 13.2 Å². The van der Waals surface area contributed by atoms with E-state index in [1.807, 2.05) is 0 Å². The molecule has 0 bridgehead atoms. The first-order valence-corrected chi connectivity index (χ1v) is 4.04. The van der Waals surface area contributed by atoms with Gasteiger partial charge in [0.1, 0.15) is 0 Å². The molecule has 1 aliphatic rings. The summed E-state index contributed by atoms with van der Waals surface area (Å²) in [4.78, 5) is 0. The average molecular weight is 142 g/mol. The highest BCUT2D eigenvalue weighted by atomic mass is 16.5. The first-order valence-electron chi connectivity index (χ1n) is 4.04. The molecule has 1 heterocycles. The normalized spacial score (nSPS) is 26.7. The number of hydrogen-bond acceptors (Lipinski definition) is 2. The highest BCUT2D eigenvalue weighted by Crippen LogP contribution is 2.09. The fraction of sp³-hybridized carbons (Fsp3) is 0.875. The Hall–Kier alpha value is -0.0800. The predicted octanol–water partition coefficient (Wildman–Crippen LogP) is 1.33. The van der Waals surface area contributed by atoms with E-state index in [0.29, 0.717) is 6.04 Å². The van der Waals surface area contributed by atoms with E-state index in [2.05, 4.69) is 12.4 Å². The molecule has 1 aliphatic heterocycles. The topological polar surface area (TPSA) is 21.3 Å². The Labute approximate surface area is 63.0 Å². The molecule has 0 aromatic carbocycles. The summed E-state index contributed by atoms with van der Waals surface area (Å²) in [5.74, 6) is 0. The van der Waals surface area contributed by atoms with Gasteiger partial charge in [0.2, 0.25) is 0 Å². The molecule has 1 saturated heterocycles. The van der Waals surface area contributed by atoms with Crippen LogP contribution in [-0.4, -0.2) is 19.2 Å². The maximum atomic E-state index is 4.75. The van der Waals surface area contributed by atoms with Gasteiger partial charge in [0.05, 0.1) is 7.11 Å². The van der Waals surface area contributed by atoms with Gasteiger partial charge in [-0.1, -0.05) is 6.42 Å². The summed E-state index contributed by atoms with van der Waals surface area (Å²) in [5.41, 5.74) is 0. The minimum Gasteiger partial charge on any atom is -0.379 e. The Bertz CT molecular complexity index is 79.3. The van der Waals surface area contributed by atoms with Crippen molar-refractivity contribution < 1.29 is 4.74 Å². The molecule has 59 valence electrons. The van der Waals surface area contributed by atoms with E-state index < -0.39 is 0 Å². The summed E-state index contributed by atoms with van der Waals surface area (Å²) in [7, 11) is 3.34. The van der Waals surface area contributed by atoms with E-state index in [-0.39, 0.29) is 0 Å². The van der Waals surface area contributed by atoms with Gasteiger partial charge >= 0.3 is 0 Å². The Morgan fingerprint density at radius 3 is 3.00 bits per heavy atom. The van der Waals surface area contributed by atoms with Gasteiger partial charge in [-0.25, -0.2) is 0 Å². The van der Waals surface area contributed by atoms with Crippen LogP contribution >= 0.6 is 0 Å². The maximum absolute atomic E-state index is 4.75. The van der Waals surface area contributed by atoms with Crippen LogP contribution in [0.2, 0.25) is 0 Å². The second-order valence-corrected chi connectivity index (χ2v) is 2.84. The van der Waals surface area contributed by atoms with E-state index in [9.17, 15) is 0 Å². The van der Waals surface area contributed by atoms with Gasteiger partial charge in [-0.15, -0.1) is 0 Å². The van der Waals surface area contributed by atoms with E-state index in [1.54, 1.807) is 0 Å². The van der Waals surface area contributed by atoms with Crippen molar-refractivity contribution in [1.82, 2.24) is 5.32 Å². The third-order valence-electron chi connectivity index (χ3n) is 2.02. The van der Waals surface area contributed by atoms with Gasteiger partial charge in [0.15, 0.2) is 0 Å². The van der Waals surface area contributed by atoms with Crippen LogP contribution < -0.4 is 5.32 Å². The summed E-state index contributed by atoms with van der Waals surface area (Å²) < 4.78 is 4.75. The first kappa shape index (κ1) is 8.02. The molecule has 0 amide bonds. The minimum atomic E-state index is 0.690. The van der Waals surface area contributed by atoms with Crippen LogP contribution in [0, 0.1) is 7.11 Å². The molecule has 1 N–H and O–H groups in total. The van der Waals surface area contributed by atoms with Gasteiger partial charge in [-0.05, 0) is 25.8 Å². The lowest BCUT2D eigenvalue weighted by atomic mass is 10.0. The van der Waals surface area contributed by atoms with Crippen molar-refractivity contribution in [3.05, 3.63) is 7.11 Å². The highest BCUT2D eigenvalue weighted by Gasteiger charge is 2.10. The van der Waals surface area contributed by atoms with Crippen molar-refractivity contribution in [3.8, 4) is 0 Å². The summed E-state index contributed by atoms with van der Waals surface area (Å²) in [5, 5.41) is 3.45. The SMILES string of the molecule is [CH2]OCCC1CCCCN1. The van der Waals surface area contributed by atoms with Crippen molar-refractivity contribution in [2.45, 2.75) is 31.7 Å².